The third-order valence-electron chi connectivity index (χ3n) is 4.21. The predicted octanol–water partition coefficient (Wildman–Crippen LogP) is 3.46. The molecule has 1 fully saturated rings. The molecule has 1 aliphatic rings. The van der Waals surface area contributed by atoms with E-state index in [0.717, 1.165) is 31.6 Å². The summed E-state index contributed by atoms with van der Waals surface area (Å²) in [6.07, 6.45) is 4.16. The standard InChI is InChI=1S/C16H23NO3S/c1-3-21(19,20)17-15-10-8-14(9-11-15)16(18)13-6-4-12(2)5-7-13/h8-13,17H,3-7H2,1-2H3. The van der Waals surface area contributed by atoms with Crippen molar-refractivity contribution in [3.63, 3.8) is 0 Å². The molecule has 5 heteroatoms. The minimum absolute atomic E-state index is 0.0357. The van der Waals surface area contributed by atoms with Crippen molar-refractivity contribution < 1.29 is 13.2 Å². The van der Waals surface area contributed by atoms with Crippen LogP contribution in [0, 0.1) is 11.8 Å². The van der Waals surface area contributed by atoms with E-state index in [2.05, 4.69) is 11.6 Å². The Morgan fingerprint density at radius 1 is 1.14 bits per heavy atom. The van der Waals surface area contributed by atoms with Crippen LogP contribution < -0.4 is 4.72 Å². The molecule has 0 saturated heterocycles. The Morgan fingerprint density at radius 2 is 1.71 bits per heavy atom. The summed E-state index contributed by atoms with van der Waals surface area (Å²) in [7, 11) is -3.27. The second-order valence-corrected chi connectivity index (χ2v) is 7.91. The van der Waals surface area contributed by atoms with E-state index in [-0.39, 0.29) is 17.5 Å². The zero-order chi connectivity index (χ0) is 15.5. The number of benzene rings is 1. The number of sulfonamides is 1. The van der Waals surface area contributed by atoms with Crippen LogP contribution in [0.3, 0.4) is 0 Å². The van der Waals surface area contributed by atoms with Gasteiger partial charge >= 0.3 is 0 Å². The first-order chi connectivity index (χ1) is 9.91. The van der Waals surface area contributed by atoms with E-state index in [1.165, 1.54) is 0 Å². The number of carbonyl (C=O) groups excluding carboxylic acids is 1. The van der Waals surface area contributed by atoms with E-state index >= 15 is 0 Å². The number of hydrogen-bond acceptors (Lipinski definition) is 3. The van der Waals surface area contributed by atoms with Gasteiger partial charge in [-0.3, -0.25) is 9.52 Å². The van der Waals surface area contributed by atoms with Gasteiger partial charge in [-0.1, -0.05) is 19.8 Å². The molecule has 1 N–H and O–H groups in total. The largest absolute Gasteiger partial charge is 0.294 e. The Morgan fingerprint density at radius 3 is 2.24 bits per heavy atom. The van der Waals surface area contributed by atoms with Gasteiger partial charge in [-0.2, -0.15) is 0 Å². The molecule has 2 rings (SSSR count). The molecule has 1 saturated carbocycles. The second-order valence-electron chi connectivity index (χ2n) is 5.90. The number of nitrogens with one attached hydrogen (secondary N) is 1. The molecule has 0 aliphatic heterocycles. The van der Waals surface area contributed by atoms with Crippen LogP contribution in [0.4, 0.5) is 5.69 Å². The lowest BCUT2D eigenvalue weighted by Crippen LogP contribution is -2.21. The van der Waals surface area contributed by atoms with Gasteiger partial charge in [-0.15, -0.1) is 0 Å². The average Bonchev–Trinajstić information content (AvgIpc) is 2.48. The van der Waals surface area contributed by atoms with Crippen molar-refractivity contribution in [2.45, 2.75) is 39.5 Å². The average molecular weight is 309 g/mol. The first-order valence-corrected chi connectivity index (χ1v) is 9.21. The maximum Gasteiger partial charge on any atom is 0.232 e. The highest BCUT2D eigenvalue weighted by molar-refractivity contribution is 7.92. The van der Waals surface area contributed by atoms with Crippen LogP contribution in [0.25, 0.3) is 0 Å². The Labute approximate surface area is 127 Å². The lowest BCUT2D eigenvalue weighted by Gasteiger charge is -2.25. The fourth-order valence-corrected chi connectivity index (χ4v) is 3.35. The summed E-state index contributed by atoms with van der Waals surface area (Å²) in [4.78, 5) is 12.4. The summed E-state index contributed by atoms with van der Waals surface area (Å²) in [6.45, 7) is 3.82. The Kier molecular flexibility index (Phi) is 5.04. The smallest absolute Gasteiger partial charge is 0.232 e. The molecule has 0 spiro atoms. The van der Waals surface area contributed by atoms with Crippen LogP contribution in [-0.4, -0.2) is 20.0 Å². The first-order valence-electron chi connectivity index (χ1n) is 7.56. The molecule has 0 unspecified atom stereocenters. The van der Waals surface area contributed by atoms with Crippen molar-refractivity contribution in [1.29, 1.82) is 0 Å². The van der Waals surface area contributed by atoms with Crippen molar-refractivity contribution in [3.05, 3.63) is 29.8 Å². The predicted molar refractivity (Wildman–Crippen MR) is 85.0 cm³/mol. The molecule has 1 aromatic carbocycles. The van der Waals surface area contributed by atoms with E-state index in [4.69, 9.17) is 0 Å². The van der Waals surface area contributed by atoms with Gasteiger partial charge < -0.3 is 0 Å². The number of rotatable bonds is 5. The van der Waals surface area contributed by atoms with E-state index in [0.29, 0.717) is 11.3 Å². The van der Waals surface area contributed by atoms with E-state index in [1.807, 2.05) is 0 Å². The van der Waals surface area contributed by atoms with Crippen LogP contribution in [0.15, 0.2) is 24.3 Å². The van der Waals surface area contributed by atoms with E-state index in [1.54, 1.807) is 31.2 Å². The normalized spacial score (nSPS) is 22.8. The first kappa shape index (κ1) is 16.0. The molecule has 21 heavy (non-hydrogen) atoms. The lowest BCUT2D eigenvalue weighted by atomic mass is 9.79. The summed E-state index contributed by atoms with van der Waals surface area (Å²) in [5.41, 5.74) is 1.18. The Bertz CT molecular complexity index is 584. The highest BCUT2D eigenvalue weighted by Crippen LogP contribution is 2.30. The summed E-state index contributed by atoms with van der Waals surface area (Å²) >= 11 is 0. The number of Topliss-reactive ketones (excluding diaryl/α,β-unsaturated/α-hetero) is 1. The van der Waals surface area contributed by atoms with Crippen LogP contribution in [0.2, 0.25) is 0 Å². The van der Waals surface area contributed by atoms with Crippen LogP contribution >= 0.6 is 0 Å². The maximum absolute atomic E-state index is 12.4. The topological polar surface area (TPSA) is 63.2 Å². The van der Waals surface area contributed by atoms with Gasteiger partial charge in [0, 0.05) is 17.2 Å². The molecular weight excluding hydrogens is 286 g/mol. The third-order valence-corrected chi connectivity index (χ3v) is 5.52. The molecule has 0 amide bonds. The van der Waals surface area contributed by atoms with Crippen LogP contribution in [-0.2, 0) is 10.0 Å². The third kappa shape index (κ3) is 4.30. The van der Waals surface area contributed by atoms with Crippen molar-refractivity contribution >= 4 is 21.5 Å². The molecular formula is C16H23NO3S. The molecule has 116 valence electrons. The van der Waals surface area contributed by atoms with E-state index < -0.39 is 10.0 Å². The molecule has 0 bridgehead atoms. The molecule has 0 atom stereocenters. The SMILES string of the molecule is CCS(=O)(=O)Nc1ccc(C(=O)C2CCC(C)CC2)cc1. The summed E-state index contributed by atoms with van der Waals surface area (Å²) < 4.78 is 25.5. The van der Waals surface area contributed by atoms with E-state index in [9.17, 15) is 13.2 Å². The van der Waals surface area contributed by atoms with Gasteiger partial charge in [-0.25, -0.2) is 8.42 Å². The number of hydrogen-bond donors (Lipinski definition) is 1. The number of ketones is 1. The van der Waals surface area contributed by atoms with Gasteiger partial charge in [0.15, 0.2) is 5.78 Å². The zero-order valence-electron chi connectivity index (χ0n) is 12.6. The monoisotopic (exact) mass is 309 g/mol. The van der Waals surface area contributed by atoms with Gasteiger partial charge in [0.1, 0.15) is 0 Å². The number of anilines is 1. The lowest BCUT2D eigenvalue weighted by molar-refractivity contribution is 0.0875. The maximum atomic E-state index is 12.4. The Hall–Kier alpha value is -1.36. The highest BCUT2D eigenvalue weighted by Gasteiger charge is 2.25. The zero-order valence-corrected chi connectivity index (χ0v) is 13.4. The van der Waals surface area contributed by atoms with Crippen LogP contribution in [0.1, 0.15) is 49.9 Å². The van der Waals surface area contributed by atoms with Gasteiger partial charge in [0.05, 0.1) is 5.75 Å². The molecule has 0 heterocycles. The van der Waals surface area contributed by atoms with Crippen molar-refractivity contribution in [2.75, 3.05) is 10.5 Å². The highest BCUT2D eigenvalue weighted by atomic mass is 32.2. The molecule has 1 aliphatic carbocycles. The second kappa shape index (κ2) is 6.60. The van der Waals surface area contributed by atoms with Crippen molar-refractivity contribution in [3.8, 4) is 0 Å². The van der Waals surface area contributed by atoms with Gasteiger partial charge in [-0.05, 0) is 49.9 Å². The minimum Gasteiger partial charge on any atom is -0.294 e. The summed E-state index contributed by atoms with van der Waals surface area (Å²) in [5.74, 6) is 1.07. The Balaban J connectivity index is 2.03. The molecule has 1 aromatic rings. The minimum atomic E-state index is -3.27. The molecule has 0 aromatic heterocycles. The number of carbonyl (C=O) groups is 1. The summed E-state index contributed by atoms with van der Waals surface area (Å²) in [6, 6.07) is 6.75. The molecule has 4 nitrogen and oxygen atoms in total. The van der Waals surface area contributed by atoms with Crippen LogP contribution in [0.5, 0.6) is 0 Å². The van der Waals surface area contributed by atoms with Gasteiger partial charge in [0.25, 0.3) is 0 Å². The quantitative estimate of drug-likeness (QED) is 0.847. The fraction of sp³-hybridized carbons (Fsp3) is 0.562. The van der Waals surface area contributed by atoms with Crippen molar-refractivity contribution in [1.82, 2.24) is 0 Å². The van der Waals surface area contributed by atoms with Crippen molar-refractivity contribution in [2.24, 2.45) is 11.8 Å². The van der Waals surface area contributed by atoms with Gasteiger partial charge in [0.2, 0.25) is 10.0 Å². The summed E-state index contributed by atoms with van der Waals surface area (Å²) in [5, 5.41) is 0. The fourth-order valence-electron chi connectivity index (χ4n) is 2.71. The molecule has 0 radical (unpaired) electrons.